The number of carbonyl (C=O) groups excluding carboxylic acids is 1. The topological polar surface area (TPSA) is 77.8 Å². The maximum Gasteiger partial charge on any atom is 0.219 e. The predicted molar refractivity (Wildman–Crippen MR) is 145 cm³/mol. The average molecular weight is 554 g/mol. The Labute approximate surface area is 228 Å². The quantitative estimate of drug-likeness (QED) is 0.269. The molecular weight excluding hydrogens is 525 g/mol. The first-order valence-electron chi connectivity index (χ1n) is 12.1. The average Bonchev–Trinajstić information content (AvgIpc) is 3.18. The van der Waals surface area contributed by atoms with Crippen LogP contribution in [-0.2, 0) is 10.0 Å². The maximum atomic E-state index is 14.6. The number of carbonyl (C=O) groups is 1. The second-order valence-electron chi connectivity index (χ2n) is 10.1. The molecule has 1 aliphatic heterocycles. The van der Waals surface area contributed by atoms with Gasteiger partial charge in [0.2, 0.25) is 11.4 Å². The molecule has 0 radical (unpaired) electrons. The Morgan fingerprint density at radius 2 is 1.79 bits per heavy atom. The Hall–Kier alpha value is -3.38. The van der Waals surface area contributed by atoms with Crippen LogP contribution in [0.15, 0.2) is 60.7 Å². The largest absolute Gasteiger partial charge is 0.496 e. The molecule has 0 bridgehead atoms. The summed E-state index contributed by atoms with van der Waals surface area (Å²) >= 11 is 6.20. The van der Waals surface area contributed by atoms with E-state index in [1.807, 2.05) is 19.6 Å². The van der Waals surface area contributed by atoms with Crippen LogP contribution in [0.2, 0.25) is 24.7 Å². The van der Waals surface area contributed by atoms with E-state index < -0.39 is 31.8 Å². The van der Waals surface area contributed by atoms with Crippen LogP contribution >= 0.6 is 11.6 Å². The van der Waals surface area contributed by atoms with E-state index in [4.69, 9.17) is 30.2 Å². The van der Waals surface area contributed by atoms with Gasteiger partial charge in [0, 0.05) is 28.6 Å². The monoisotopic (exact) mass is 553 g/mol. The molecule has 9 heteroatoms. The van der Waals surface area contributed by atoms with Crippen molar-refractivity contribution in [1.82, 2.24) is 0 Å². The van der Waals surface area contributed by atoms with E-state index in [0.717, 1.165) is 0 Å². The van der Waals surface area contributed by atoms with Gasteiger partial charge in [0.25, 0.3) is 0 Å². The van der Waals surface area contributed by atoms with E-state index in [1.54, 1.807) is 48.5 Å². The van der Waals surface area contributed by atoms with Crippen LogP contribution in [0.3, 0.4) is 0 Å². The van der Waals surface area contributed by atoms with Gasteiger partial charge in [0.1, 0.15) is 34.7 Å². The van der Waals surface area contributed by atoms with Crippen LogP contribution < -0.4 is 14.2 Å². The molecule has 6 nitrogen and oxygen atoms in total. The van der Waals surface area contributed by atoms with Gasteiger partial charge in [0.05, 0.1) is 20.3 Å². The van der Waals surface area contributed by atoms with Gasteiger partial charge in [-0.2, -0.15) is 5.26 Å². The molecule has 1 aliphatic rings. The summed E-state index contributed by atoms with van der Waals surface area (Å²) < 4.78 is 38.4. The Morgan fingerprint density at radius 3 is 2.37 bits per heavy atom. The van der Waals surface area contributed by atoms with Gasteiger partial charge in [-0.05, 0) is 55.9 Å². The molecule has 3 atom stereocenters. The third-order valence-electron chi connectivity index (χ3n) is 6.43. The number of hydrogen-bond donors (Lipinski definition) is 0. The molecule has 0 fully saturated rings. The van der Waals surface area contributed by atoms with Gasteiger partial charge in [-0.25, -0.2) is 4.39 Å². The summed E-state index contributed by atoms with van der Waals surface area (Å²) in [4.78, 5) is 14.6. The van der Waals surface area contributed by atoms with Crippen molar-refractivity contribution >= 4 is 25.7 Å². The van der Waals surface area contributed by atoms with Crippen LogP contribution in [0.4, 0.5) is 4.39 Å². The summed E-state index contributed by atoms with van der Waals surface area (Å²) in [6.45, 7) is 5.94. The first kappa shape index (κ1) is 27.6. The van der Waals surface area contributed by atoms with Gasteiger partial charge in [-0.3, -0.25) is 4.79 Å². The van der Waals surface area contributed by atoms with Crippen molar-refractivity contribution in [3.63, 3.8) is 0 Å². The highest BCUT2D eigenvalue weighted by molar-refractivity contribution is 6.69. The van der Waals surface area contributed by atoms with E-state index in [0.29, 0.717) is 21.9 Å². The lowest BCUT2D eigenvalue weighted by Crippen LogP contribution is -2.45. The second kappa shape index (κ2) is 10.8. The number of Topliss-reactive ketones (excluding diaryl/α,β-unsaturated/α-hetero) is 1. The Kier molecular flexibility index (Phi) is 7.84. The van der Waals surface area contributed by atoms with Crippen LogP contribution in [0, 0.1) is 17.1 Å². The summed E-state index contributed by atoms with van der Waals surface area (Å²) in [7, 11) is 0.811. The molecule has 3 aromatic carbocycles. The van der Waals surface area contributed by atoms with Crippen molar-refractivity contribution in [1.29, 1.82) is 5.26 Å². The zero-order chi connectivity index (χ0) is 27.7. The Balaban J connectivity index is 1.99. The number of ketones is 1. The van der Waals surface area contributed by atoms with E-state index >= 15 is 0 Å². The number of fused-ring (bicyclic) bond motifs is 1. The fraction of sp³-hybridized carbons (Fsp3) is 0.310. The van der Waals surface area contributed by atoms with Crippen LogP contribution in [0.1, 0.15) is 33.8 Å². The minimum atomic E-state index is -2.15. The highest BCUT2D eigenvalue weighted by Crippen LogP contribution is 2.54. The molecule has 0 saturated heterocycles. The standard InChI is InChI=1S/C29H29ClFNO5Si/c1-34-22-15-25(35-2)27-26(16-22)36-29(28(27)33,19-9-11-20(30)12-10-19)24(18-7-6-8-21(31)13-18)14-23(17-32)37-38(3,4)5/h6-13,15-16,23-24H,14H2,1-5H3/t23?,24-,29-/m1/s1. The molecule has 0 spiro atoms. The Morgan fingerprint density at radius 1 is 1.08 bits per heavy atom. The maximum absolute atomic E-state index is 14.6. The van der Waals surface area contributed by atoms with Gasteiger partial charge < -0.3 is 18.6 Å². The molecule has 198 valence electrons. The summed E-state index contributed by atoms with van der Waals surface area (Å²) in [5, 5.41) is 10.5. The van der Waals surface area contributed by atoms with Crippen molar-refractivity contribution in [3.05, 3.63) is 88.2 Å². The van der Waals surface area contributed by atoms with Crippen molar-refractivity contribution in [2.24, 2.45) is 0 Å². The van der Waals surface area contributed by atoms with E-state index in [-0.39, 0.29) is 29.3 Å². The zero-order valence-corrected chi connectivity index (χ0v) is 23.6. The number of methoxy groups -OCH3 is 2. The summed E-state index contributed by atoms with van der Waals surface area (Å²) in [6.07, 6.45) is -0.790. The molecule has 0 N–H and O–H groups in total. The van der Waals surface area contributed by atoms with Gasteiger partial charge in [0.15, 0.2) is 8.32 Å². The lowest BCUT2D eigenvalue weighted by molar-refractivity contribution is 0.0344. The number of benzene rings is 3. The van der Waals surface area contributed by atoms with Crippen molar-refractivity contribution in [3.8, 4) is 23.3 Å². The van der Waals surface area contributed by atoms with Gasteiger partial charge >= 0.3 is 0 Å². The van der Waals surface area contributed by atoms with Crippen molar-refractivity contribution in [2.75, 3.05) is 14.2 Å². The fourth-order valence-electron chi connectivity index (χ4n) is 4.90. The summed E-state index contributed by atoms with van der Waals surface area (Å²) in [5.41, 5.74) is -0.433. The number of nitriles is 1. The molecule has 1 heterocycles. The Bertz CT molecular complexity index is 1390. The molecule has 0 aromatic heterocycles. The fourth-order valence-corrected chi connectivity index (χ4v) is 6.03. The molecule has 4 rings (SSSR count). The summed E-state index contributed by atoms with van der Waals surface area (Å²) in [6, 6.07) is 18.2. The lowest BCUT2D eigenvalue weighted by atomic mass is 9.71. The van der Waals surface area contributed by atoms with Crippen molar-refractivity contribution in [2.45, 2.75) is 43.7 Å². The molecule has 0 saturated carbocycles. The second-order valence-corrected chi connectivity index (χ2v) is 15.0. The number of rotatable bonds is 9. The number of ether oxygens (including phenoxy) is 3. The van der Waals surface area contributed by atoms with Crippen LogP contribution in [0.25, 0.3) is 0 Å². The third kappa shape index (κ3) is 5.28. The third-order valence-corrected chi connectivity index (χ3v) is 7.68. The van der Waals surface area contributed by atoms with Crippen LogP contribution in [0.5, 0.6) is 17.2 Å². The van der Waals surface area contributed by atoms with Crippen molar-refractivity contribution < 1.29 is 27.8 Å². The lowest BCUT2D eigenvalue weighted by Gasteiger charge is -2.38. The smallest absolute Gasteiger partial charge is 0.219 e. The SMILES string of the molecule is COc1cc(OC)c2c(c1)O[C@](c1ccc(Cl)cc1)([C@H](CC(C#N)O[Si](C)(C)C)c1cccc(F)c1)C2=O. The molecule has 38 heavy (non-hydrogen) atoms. The molecule has 0 aliphatic carbocycles. The van der Waals surface area contributed by atoms with E-state index in [9.17, 15) is 14.4 Å². The van der Waals surface area contributed by atoms with Gasteiger partial charge in [-0.15, -0.1) is 0 Å². The minimum absolute atomic E-state index is 0.0754. The molecule has 3 aromatic rings. The molecule has 0 amide bonds. The highest BCUT2D eigenvalue weighted by Gasteiger charge is 2.57. The summed E-state index contributed by atoms with van der Waals surface area (Å²) in [5.74, 6) is -0.667. The van der Waals surface area contributed by atoms with Crippen LogP contribution in [-0.4, -0.2) is 34.4 Å². The first-order valence-corrected chi connectivity index (χ1v) is 15.9. The normalized spacial score (nSPS) is 18.2. The first-order chi connectivity index (χ1) is 18.0. The van der Waals surface area contributed by atoms with Gasteiger partial charge in [-0.1, -0.05) is 35.9 Å². The molecular formula is C29H29ClFNO5Si. The van der Waals surface area contributed by atoms with E-state index in [1.165, 1.54) is 26.4 Å². The highest BCUT2D eigenvalue weighted by atomic mass is 35.5. The van der Waals surface area contributed by atoms with E-state index in [2.05, 4.69) is 6.07 Å². The number of hydrogen-bond acceptors (Lipinski definition) is 6. The molecule has 1 unspecified atom stereocenters. The minimum Gasteiger partial charge on any atom is -0.496 e. The number of nitrogens with zero attached hydrogens (tertiary/aromatic N) is 1. The number of halogens is 2. The predicted octanol–water partition coefficient (Wildman–Crippen LogP) is 6.88. The zero-order valence-electron chi connectivity index (χ0n) is 21.9.